The van der Waals surface area contributed by atoms with Crippen LogP contribution in [0.5, 0.6) is 0 Å². The third kappa shape index (κ3) is 5.65. The van der Waals surface area contributed by atoms with Crippen LogP contribution < -0.4 is 0 Å². The molecule has 9 rings (SSSR count). The van der Waals surface area contributed by atoms with Crippen molar-refractivity contribution in [1.82, 2.24) is 9.97 Å². The van der Waals surface area contributed by atoms with E-state index in [2.05, 4.69) is 178 Å². The zero-order valence-corrected chi connectivity index (χ0v) is 28.8. The minimum Gasteiger partial charge on any atom is -0.228 e. The molecule has 0 radical (unpaired) electrons. The minimum absolute atomic E-state index is 0.749. The van der Waals surface area contributed by atoms with E-state index in [1.54, 1.807) is 0 Å². The average Bonchev–Trinajstić information content (AvgIpc) is 3.58. The third-order valence-corrected chi connectivity index (χ3v) is 10.2. The van der Waals surface area contributed by atoms with Crippen molar-refractivity contribution in [3.63, 3.8) is 0 Å². The molecule has 7 aromatic carbocycles. The maximum absolute atomic E-state index is 5.29. The summed E-state index contributed by atoms with van der Waals surface area (Å²) in [5.41, 5.74) is 20.2. The summed E-state index contributed by atoms with van der Waals surface area (Å²) in [5.74, 6) is 0.749. The van der Waals surface area contributed by atoms with Crippen LogP contribution in [0.3, 0.4) is 0 Å². The number of aryl methyl sites for hydroxylation is 2. The lowest BCUT2D eigenvalue weighted by atomic mass is 9.91. The number of aromatic nitrogens is 2. The quantitative estimate of drug-likeness (QED) is 0.179. The molecule has 0 saturated carbocycles. The van der Waals surface area contributed by atoms with Crippen LogP contribution in [0.4, 0.5) is 0 Å². The van der Waals surface area contributed by atoms with Crippen LogP contribution in [0, 0.1) is 13.8 Å². The van der Waals surface area contributed by atoms with Gasteiger partial charge in [-0.1, -0.05) is 158 Å². The van der Waals surface area contributed by atoms with Crippen molar-refractivity contribution in [3.05, 3.63) is 192 Å². The first-order valence-electron chi connectivity index (χ1n) is 17.6. The molecule has 0 amide bonds. The summed E-state index contributed by atoms with van der Waals surface area (Å²) in [7, 11) is 0. The van der Waals surface area contributed by atoms with Crippen molar-refractivity contribution in [2.75, 3.05) is 0 Å². The number of nitrogens with zero attached hydrogens (tertiary/aromatic N) is 2. The first-order chi connectivity index (χ1) is 25.1. The van der Waals surface area contributed by atoms with Crippen LogP contribution in [0.15, 0.2) is 170 Å². The van der Waals surface area contributed by atoms with E-state index in [1.165, 1.54) is 72.3 Å². The van der Waals surface area contributed by atoms with Gasteiger partial charge in [-0.3, -0.25) is 0 Å². The fraction of sp³-hybridized carbons (Fsp3) is 0.0612. The Kier molecular flexibility index (Phi) is 7.71. The molecule has 0 aliphatic heterocycles. The third-order valence-electron chi connectivity index (χ3n) is 10.2. The second-order valence-corrected chi connectivity index (χ2v) is 13.5. The lowest BCUT2D eigenvalue weighted by Gasteiger charge is -2.13. The second-order valence-electron chi connectivity index (χ2n) is 13.5. The molecule has 0 saturated heterocycles. The van der Waals surface area contributed by atoms with Gasteiger partial charge in [0.25, 0.3) is 0 Å². The molecule has 8 aromatic rings. The highest BCUT2D eigenvalue weighted by Gasteiger charge is 2.28. The second kappa shape index (κ2) is 12.8. The number of hydrogen-bond acceptors (Lipinski definition) is 2. The van der Waals surface area contributed by atoms with Crippen molar-refractivity contribution in [2.45, 2.75) is 20.3 Å². The highest BCUT2D eigenvalue weighted by atomic mass is 14.9. The Labute approximate surface area is 299 Å². The number of benzene rings is 7. The normalized spacial score (nSPS) is 11.6. The van der Waals surface area contributed by atoms with Gasteiger partial charge in [-0.05, 0) is 87.2 Å². The zero-order valence-electron chi connectivity index (χ0n) is 28.8. The Balaban J connectivity index is 1.14. The highest BCUT2D eigenvalue weighted by Crippen LogP contribution is 2.45. The van der Waals surface area contributed by atoms with Gasteiger partial charge in [0.2, 0.25) is 0 Å². The summed E-state index contributed by atoms with van der Waals surface area (Å²) >= 11 is 0. The number of fused-ring (bicyclic) bond motifs is 3. The molecule has 0 bridgehead atoms. The molecule has 1 aliphatic rings. The summed E-state index contributed by atoms with van der Waals surface area (Å²) in [6, 6.07) is 60.8. The van der Waals surface area contributed by atoms with Crippen LogP contribution >= 0.6 is 0 Å². The molecule has 0 unspecified atom stereocenters. The summed E-state index contributed by atoms with van der Waals surface area (Å²) < 4.78 is 0. The maximum atomic E-state index is 5.29. The van der Waals surface area contributed by atoms with Gasteiger partial charge < -0.3 is 0 Å². The monoisotopic (exact) mass is 652 g/mol. The summed E-state index contributed by atoms with van der Waals surface area (Å²) in [5, 5.41) is 0. The maximum Gasteiger partial charge on any atom is 0.160 e. The molecule has 1 heterocycles. The van der Waals surface area contributed by atoms with E-state index in [4.69, 9.17) is 9.97 Å². The summed E-state index contributed by atoms with van der Waals surface area (Å²) in [4.78, 5) is 10.6. The molecular formula is C49H36N2. The number of rotatable bonds is 6. The average molecular weight is 653 g/mol. The van der Waals surface area contributed by atoms with E-state index >= 15 is 0 Å². The molecule has 51 heavy (non-hydrogen) atoms. The first kappa shape index (κ1) is 30.7. The van der Waals surface area contributed by atoms with E-state index in [-0.39, 0.29) is 0 Å². The summed E-state index contributed by atoms with van der Waals surface area (Å²) in [6.45, 7) is 4.40. The molecular weight excluding hydrogens is 617 g/mol. The number of hydrogen-bond donors (Lipinski definition) is 0. The van der Waals surface area contributed by atoms with Gasteiger partial charge in [-0.25, -0.2) is 9.97 Å². The summed E-state index contributed by atoms with van der Waals surface area (Å²) in [6.07, 6.45) is 0.773. The van der Waals surface area contributed by atoms with Gasteiger partial charge in [0.15, 0.2) is 5.82 Å². The van der Waals surface area contributed by atoms with Gasteiger partial charge in [0, 0.05) is 28.7 Å². The van der Waals surface area contributed by atoms with Crippen LogP contribution in [-0.4, -0.2) is 9.97 Å². The fourth-order valence-electron chi connectivity index (χ4n) is 7.64. The fourth-order valence-corrected chi connectivity index (χ4v) is 7.64. The predicted molar refractivity (Wildman–Crippen MR) is 212 cm³/mol. The van der Waals surface area contributed by atoms with Gasteiger partial charge in [0.05, 0.1) is 11.4 Å². The Bertz CT molecular complexity index is 2570. The Morgan fingerprint density at radius 3 is 1.63 bits per heavy atom. The van der Waals surface area contributed by atoms with Gasteiger partial charge in [-0.15, -0.1) is 0 Å². The Morgan fingerprint density at radius 2 is 0.863 bits per heavy atom. The van der Waals surface area contributed by atoms with Crippen LogP contribution in [-0.2, 0) is 6.42 Å². The lowest BCUT2D eigenvalue weighted by Crippen LogP contribution is -1.99. The molecule has 1 aliphatic carbocycles. The molecule has 1 aromatic heterocycles. The van der Waals surface area contributed by atoms with E-state index < -0.39 is 0 Å². The van der Waals surface area contributed by atoms with Crippen LogP contribution in [0.1, 0.15) is 22.3 Å². The van der Waals surface area contributed by atoms with Crippen LogP contribution in [0.2, 0.25) is 0 Å². The van der Waals surface area contributed by atoms with Crippen molar-refractivity contribution >= 4 is 0 Å². The molecule has 0 fully saturated rings. The van der Waals surface area contributed by atoms with E-state index in [1.807, 2.05) is 6.07 Å². The van der Waals surface area contributed by atoms with Gasteiger partial charge in [0.1, 0.15) is 0 Å². The molecule has 0 spiro atoms. The van der Waals surface area contributed by atoms with Crippen LogP contribution in [0.25, 0.3) is 78.4 Å². The van der Waals surface area contributed by atoms with E-state index in [0.717, 1.165) is 34.8 Å². The standard InChI is InChI=1S/C49H36N2/c1-32-14-9-10-23-41(32)42-27-26-38(28-33(42)2)37-20-11-21-39(29-37)43-24-13-25-44-45(43)31-46-47(50-49(51-48(44)46)35-17-7-4-8-18-35)40-22-12-19-36(30-40)34-15-5-3-6-16-34/h3-30H,31H2,1-2H3. The van der Waals surface area contributed by atoms with Crippen molar-refractivity contribution in [2.24, 2.45) is 0 Å². The largest absolute Gasteiger partial charge is 0.228 e. The highest BCUT2D eigenvalue weighted by molar-refractivity contribution is 5.89. The van der Waals surface area contributed by atoms with Gasteiger partial charge in [-0.2, -0.15) is 0 Å². The molecule has 0 N–H and O–H groups in total. The Hall–Kier alpha value is -6.38. The SMILES string of the molecule is Cc1ccccc1-c1ccc(-c2cccc(-c3cccc4c3Cc3c(-c5cccc(-c6ccccc6)c5)nc(-c5ccccc5)nc3-4)c2)cc1C. The van der Waals surface area contributed by atoms with Crippen molar-refractivity contribution in [3.8, 4) is 78.4 Å². The predicted octanol–water partition coefficient (Wildman–Crippen LogP) is 12.7. The molecule has 2 heteroatoms. The van der Waals surface area contributed by atoms with Crippen molar-refractivity contribution in [1.29, 1.82) is 0 Å². The Morgan fingerprint density at radius 1 is 0.333 bits per heavy atom. The first-order valence-corrected chi connectivity index (χ1v) is 17.6. The van der Waals surface area contributed by atoms with E-state index in [0.29, 0.717) is 0 Å². The molecule has 0 atom stereocenters. The lowest BCUT2D eigenvalue weighted by molar-refractivity contribution is 1.13. The smallest absolute Gasteiger partial charge is 0.160 e. The topological polar surface area (TPSA) is 25.8 Å². The molecule has 242 valence electrons. The van der Waals surface area contributed by atoms with Gasteiger partial charge >= 0.3 is 0 Å². The zero-order chi connectivity index (χ0) is 34.3. The molecule has 2 nitrogen and oxygen atoms in total. The minimum atomic E-state index is 0.749. The van der Waals surface area contributed by atoms with Crippen molar-refractivity contribution < 1.29 is 0 Å². The van der Waals surface area contributed by atoms with E-state index in [9.17, 15) is 0 Å².